The highest BCUT2D eigenvalue weighted by Crippen LogP contribution is 2.21. The van der Waals surface area contributed by atoms with E-state index in [1.165, 1.54) is 11.8 Å². The lowest BCUT2D eigenvalue weighted by molar-refractivity contribution is -0.153. The molecule has 0 radical (unpaired) electrons. The van der Waals surface area contributed by atoms with E-state index in [2.05, 4.69) is 0 Å². The summed E-state index contributed by atoms with van der Waals surface area (Å²) in [5.74, 6) is -0.999. The summed E-state index contributed by atoms with van der Waals surface area (Å²) in [5, 5.41) is 9.08. The monoisotopic (exact) mass is 273 g/mol. The maximum atomic E-state index is 12.2. The van der Waals surface area contributed by atoms with Gasteiger partial charge in [-0.05, 0) is 19.3 Å². The van der Waals surface area contributed by atoms with Gasteiger partial charge < -0.3 is 10.0 Å². The summed E-state index contributed by atoms with van der Waals surface area (Å²) < 4.78 is 0. The van der Waals surface area contributed by atoms with E-state index in [4.69, 9.17) is 5.11 Å². The molecule has 18 heavy (non-hydrogen) atoms. The van der Waals surface area contributed by atoms with E-state index in [0.29, 0.717) is 18.7 Å². The third kappa shape index (κ3) is 4.01. The largest absolute Gasteiger partial charge is 0.480 e. The molecule has 1 rings (SSSR count). The van der Waals surface area contributed by atoms with Gasteiger partial charge in [0, 0.05) is 25.1 Å². The quantitative estimate of drug-likeness (QED) is 0.837. The van der Waals surface area contributed by atoms with Gasteiger partial charge in [0.2, 0.25) is 5.91 Å². The Bertz CT molecular complexity index is 345. The molecule has 5 nitrogen and oxygen atoms in total. The fourth-order valence-electron chi connectivity index (χ4n) is 2.05. The van der Waals surface area contributed by atoms with E-state index >= 15 is 0 Å². The van der Waals surface area contributed by atoms with E-state index in [1.807, 2.05) is 0 Å². The average Bonchev–Trinajstić information content (AvgIpc) is 2.34. The Morgan fingerprint density at radius 2 is 2.06 bits per heavy atom. The maximum Gasteiger partial charge on any atom is 0.326 e. The van der Waals surface area contributed by atoms with E-state index in [1.54, 1.807) is 6.92 Å². The zero-order valence-electron chi connectivity index (χ0n) is 10.7. The second-order valence-corrected chi connectivity index (χ2v) is 5.78. The number of likely N-dealkylation sites (tertiary alicyclic amines) is 1. The van der Waals surface area contributed by atoms with Gasteiger partial charge in [0.25, 0.3) is 0 Å². The van der Waals surface area contributed by atoms with E-state index in [9.17, 15) is 14.4 Å². The Morgan fingerprint density at radius 3 is 2.61 bits per heavy atom. The number of carboxylic acid groups (broad SMARTS) is 1. The number of amides is 1. The fraction of sp³-hybridized carbons (Fsp3) is 0.750. The van der Waals surface area contributed by atoms with Crippen molar-refractivity contribution in [3.8, 4) is 0 Å². The van der Waals surface area contributed by atoms with Crippen molar-refractivity contribution < 1.29 is 19.5 Å². The van der Waals surface area contributed by atoms with Gasteiger partial charge in [-0.1, -0.05) is 18.7 Å². The second kappa shape index (κ2) is 6.78. The molecule has 102 valence electrons. The van der Waals surface area contributed by atoms with Crippen molar-refractivity contribution in [2.45, 2.75) is 39.2 Å². The predicted octanol–water partition coefficient (Wildman–Crippen LogP) is 1.37. The van der Waals surface area contributed by atoms with Gasteiger partial charge in [-0.3, -0.25) is 9.59 Å². The van der Waals surface area contributed by atoms with Crippen LogP contribution < -0.4 is 0 Å². The topological polar surface area (TPSA) is 74.7 Å². The zero-order chi connectivity index (χ0) is 13.7. The Balaban J connectivity index is 2.62. The van der Waals surface area contributed by atoms with Crippen molar-refractivity contribution in [2.24, 2.45) is 5.92 Å². The number of carbonyl (C=O) groups excluding carboxylic acids is 2. The first kappa shape index (κ1) is 15.0. The third-order valence-electron chi connectivity index (χ3n) is 3.03. The number of aliphatic carboxylic acids is 1. The number of thioether (sulfide) groups is 1. The van der Waals surface area contributed by atoms with Crippen LogP contribution in [0.25, 0.3) is 0 Å². The standard InChI is InChI=1S/C12H19NO4S/c1-8(7-18-9(2)14)11(15)13-6-4-3-5-10(13)12(16)17/h8,10H,3-7H2,1-2H3,(H,16,17). The molecular formula is C12H19NO4S. The molecule has 1 N–H and O–H groups in total. The molecule has 0 bridgehead atoms. The molecular weight excluding hydrogens is 254 g/mol. The summed E-state index contributed by atoms with van der Waals surface area (Å²) in [5.41, 5.74) is 0. The van der Waals surface area contributed by atoms with E-state index < -0.39 is 12.0 Å². The molecule has 2 atom stereocenters. The fourth-order valence-corrected chi connectivity index (χ4v) is 2.68. The summed E-state index contributed by atoms with van der Waals surface area (Å²) in [6.07, 6.45) is 2.22. The number of hydrogen-bond donors (Lipinski definition) is 1. The van der Waals surface area contributed by atoms with Gasteiger partial charge in [-0.25, -0.2) is 4.79 Å². The minimum Gasteiger partial charge on any atom is -0.480 e. The van der Waals surface area contributed by atoms with Crippen LogP contribution >= 0.6 is 11.8 Å². The van der Waals surface area contributed by atoms with Crippen molar-refractivity contribution >= 4 is 28.8 Å². The van der Waals surface area contributed by atoms with Gasteiger partial charge in [-0.2, -0.15) is 0 Å². The predicted molar refractivity (Wildman–Crippen MR) is 69.3 cm³/mol. The summed E-state index contributed by atoms with van der Waals surface area (Å²) in [7, 11) is 0. The molecule has 1 amide bonds. The summed E-state index contributed by atoms with van der Waals surface area (Å²) >= 11 is 1.11. The van der Waals surface area contributed by atoms with Crippen LogP contribution in [0.4, 0.5) is 0 Å². The summed E-state index contributed by atoms with van der Waals surface area (Å²) in [6.45, 7) is 3.71. The smallest absolute Gasteiger partial charge is 0.326 e. The molecule has 0 spiro atoms. The molecule has 0 saturated carbocycles. The zero-order valence-corrected chi connectivity index (χ0v) is 11.5. The first-order valence-corrected chi connectivity index (χ1v) is 7.08. The summed E-state index contributed by atoms with van der Waals surface area (Å²) in [6, 6.07) is -0.698. The van der Waals surface area contributed by atoms with Crippen LogP contribution in [0.2, 0.25) is 0 Å². The Labute approximate surface area is 111 Å². The van der Waals surface area contributed by atoms with Crippen LogP contribution in [0.3, 0.4) is 0 Å². The molecule has 0 aliphatic carbocycles. The minimum atomic E-state index is -0.936. The van der Waals surface area contributed by atoms with Crippen molar-refractivity contribution in [1.29, 1.82) is 0 Å². The van der Waals surface area contributed by atoms with Gasteiger partial charge in [0.15, 0.2) is 5.12 Å². The Hall–Kier alpha value is -1.04. The van der Waals surface area contributed by atoms with Gasteiger partial charge in [-0.15, -0.1) is 0 Å². The highest BCUT2D eigenvalue weighted by molar-refractivity contribution is 8.13. The molecule has 1 heterocycles. The van der Waals surface area contributed by atoms with Gasteiger partial charge in [0.1, 0.15) is 6.04 Å². The van der Waals surface area contributed by atoms with Crippen molar-refractivity contribution in [3.63, 3.8) is 0 Å². The van der Waals surface area contributed by atoms with Crippen LogP contribution in [-0.4, -0.2) is 45.3 Å². The average molecular weight is 273 g/mol. The number of hydrogen-bond acceptors (Lipinski definition) is 4. The second-order valence-electron chi connectivity index (χ2n) is 4.59. The van der Waals surface area contributed by atoms with Crippen LogP contribution in [0.1, 0.15) is 33.1 Å². The van der Waals surface area contributed by atoms with Crippen LogP contribution in [0, 0.1) is 5.92 Å². The number of rotatable bonds is 4. The van der Waals surface area contributed by atoms with Gasteiger partial charge in [0.05, 0.1) is 0 Å². The summed E-state index contributed by atoms with van der Waals surface area (Å²) in [4.78, 5) is 35.6. The minimum absolute atomic E-state index is 0.0249. The first-order chi connectivity index (χ1) is 8.43. The van der Waals surface area contributed by atoms with Crippen molar-refractivity contribution in [1.82, 2.24) is 4.90 Å². The number of piperidine rings is 1. The maximum absolute atomic E-state index is 12.2. The number of carboxylic acids is 1. The molecule has 0 aromatic heterocycles. The first-order valence-electron chi connectivity index (χ1n) is 6.10. The highest BCUT2D eigenvalue weighted by Gasteiger charge is 2.33. The Morgan fingerprint density at radius 1 is 1.39 bits per heavy atom. The third-order valence-corrected chi connectivity index (χ3v) is 4.10. The Kier molecular flexibility index (Phi) is 5.65. The molecule has 1 saturated heterocycles. The normalized spacial score (nSPS) is 21.4. The molecule has 6 heteroatoms. The molecule has 0 aromatic carbocycles. The van der Waals surface area contributed by atoms with Crippen LogP contribution in [0.5, 0.6) is 0 Å². The van der Waals surface area contributed by atoms with Crippen molar-refractivity contribution in [3.05, 3.63) is 0 Å². The molecule has 1 aliphatic rings. The lowest BCUT2D eigenvalue weighted by Crippen LogP contribution is -2.50. The van der Waals surface area contributed by atoms with Gasteiger partial charge >= 0.3 is 5.97 Å². The van der Waals surface area contributed by atoms with Crippen LogP contribution in [0.15, 0.2) is 0 Å². The molecule has 0 aromatic rings. The van der Waals surface area contributed by atoms with E-state index in [0.717, 1.165) is 24.6 Å². The van der Waals surface area contributed by atoms with Crippen LogP contribution in [-0.2, 0) is 14.4 Å². The highest BCUT2D eigenvalue weighted by atomic mass is 32.2. The number of nitrogens with zero attached hydrogens (tertiary/aromatic N) is 1. The molecule has 1 aliphatic heterocycles. The van der Waals surface area contributed by atoms with E-state index in [-0.39, 0.29) is 16.9 Å². The molecule has 2 unspecified atom stereocenters. The number of carbonyl (C=O) groups is 3. The lowest BCUT2D eigenvalue weighted by Gasteiger charge is -2.34. The lowest BCUT2D eigenvalue weighted by atomic mass is 10.0. The van der Waals surface area contributed by atoms with Crippen molar-refractivity contribution in [2.75, 3.05) is 12.3 Å². The molecule has 1 fully saturated rings. The SMILES string of the molecule is CC(=O)SCC(C)C(=O)N1CCCCC1C(=O)O.